The highest BCUT2D eigenvalue weighted by Gasteiger charge is 2.25. The monoisotopic (exact) mass is 403 g/mol. The summed E-state index contributed by atoms with van der Waals surface area (Å²) in [6.07, 6.45) is 2.87. The van der Waals surface area contributed by atoms with E-state index in [2.05, 4.69) is 10.6 Å². The van der Waals surface area contributed by atoms with Crippen LogP contribution in [0.1, 0.15) is 19.3 Å². The molecule has 150 valence electrons. The summed E-state index contributed by atoms with van der Waals surface area (Å²) in [6, 6.07) is 13.6. The van der Waals surface area contributed by atoms with Crippen LogP contribution in [0.5, 0.6) is 5.75 Å². The largest absolute Gasteiger partial charge is 0.497 e. The highest BCUT2D eigenvalue weighted by molar-refractivity contribution is 7.89. The SMILES string of the molecule is COc1ccc(NCC(=O)Nc2ccc(S(=O)(=O)N3CCCCC3)cc2)cc1. The Balaban J connectivity index is 1.55. The quantitative estimate of drug-likeness (QED) is 0.742. The van der Waals surface area contributed by atoms with Crippen molar-refractivity contribution < 1.29 is 17.9 Å². The first kappa shape index (κ1) is 20.2. The Kier molecular flexibility index (Phi) is 6.53. The first-order valence-corrected chi connectivity index (χ1v) is 10.7. The second-order valence-electron chi connectivity index (χ2n) is 6.62. The van der Waals surface area contributed by atoms with Gasteiger partial charge in [-0.05, 0) is 61.4 Å². The topological polar surface area (TPSA) is 87.7 Å². The number of carbonyl (C=O) groups excluding carboxylic acids is 1. The van der Waals surface area contributed by atoms with E-state index in [0.717, 1.165) is 30.7 Å². The lowest BCUT2D eigenvalue weighted by atomic mass is 10.2. The third-order valence-electron chi connectivity index (χ3n) is 4.63. The number of hydrogen-bond donors (Lipinski definition) is 2. The Labute approximate surface area is 165 Å². The normalized spacial score (nSPS) is 15.0. The van der Waals surface area contributed by atoms with Gasteiger partial charge in [-0.3, -0.25) is 4.79 Å². The minimum absolute atomic E-state index is 0.0974. The van der Waals surface area contributed by atoms with Gasteiger partial charge in [-0.2, -0.15) is 4.31 Å². The lowest BCUT2D eigenvalue weighted by molar-refractivity contribution is -0.114. The first-order valence-electron chi connectivity index (χ1n) is 9.27. The van der Waals surface area contributed by atoms with Gasteiger partial charge in [0.05, 0.1) is 18.6 Å². The number of carbonyl (C=O) groups is 1. The Bertz CT molecular complexity index is 890. The summed E-state index contributed by atoms with van der Waals surface area (Å²) < 4.78 is 31.9. The molecule has 28 heavy (non-hydrogen) atoms. The Morgan fingerprint density at radius 3 is 2.18 bits per heavy atom. The predicted octanol–water partition coefficient (Wildman–Crippen LogP) is 2.92. The maximum atomic E-state index is 12.6. The number of rotatable bonds is 7. The molecule has 7 nitrogen and oxygen atoms in total. The van der Waals surface area contributed by atoms with E-state index in [4.69, 9.17) is 4.74 Å². The molecule has 0 unspecified atom stereocenters. The van der Waals surface area contributed by atoms with Gasteiger partial charge in [0.1, 0.15) is 5.75 Å². The molecule has 1 aliphatic rings. The number of nitrogens with zero attached hydrogens (tertiary/aromatic N) is 1. The molecule has 8 heteroatoms. The summed E-state index contributed by atoms with van der Waals surface area (Å²) in [5.74, 6) is 0.525. The summed E-state index contributed by atoms with van der Waals surface area (Å²) >= 11 is 0. The van der Waals surface area contributed by atoms with E-state index >= 15 is 0 Å². The van der Waals surface area contributed by atoms with Crippen molar-refractivity contribution in [1.82, 2.24) is 4.31 Å². The van der Waals surface area contributed by atoms with Gasteiger partial charge in [0.25, 0.3) is 0 Å². The van der Waals surface area contributed by atoms with Gasteiger partial charge in [-0.25, -0.2) is 8.42 Å². The van der Waals surface area contributed by atoms with E-state index in [1.54, 1.807) is 19.2 Å². The number of piperidine rings is 1. The Morgan fingerprint density at radius 1 is 0.964 bits per heavy atom. The molecule has 1 aliphatic heterocycles. The first-order chi connectivity index (χ1) is 13.5. The molecule has 0 atom stereocenters. The van der Waals surface area contributed by atoms with Crippen molar-refractivity contribution in [2.75, 3.05) is 37.4 Å². The Hall–Kier alpha value is -2.58. The lowest BCUT2D eigenvalue weighted by Crippen LogP contribution is -2.35. The molecule has 0 aromatic heterocycles. The van der Waals surface area contributed by atoms with Gasteiger partial charge in [0.15, 0.2) is 0 Å². The van der Waals surface area contributed by atoms with Crippen LogP contribution in [0.4, 0.5) is 11.4 Å². The molecule has 1 heterocycles. The van der Waals surface area contributed by atoms with Crippen LogP contribution in [-0.4, -0.2) is 45.4 Å². The third kappa shape index (κ3) is 5.02. The molecule has 3 rings (SSSR count). The molecule has 0 saturated carbocycles. The van der Waals surface area contributed by atoms with Gasteiger partial charge in [0, 0.05) is 24.5 Å². The number of methoxy groups -OCH3 is 1. The van der Waals surface area contributed by atoms with Crippen LogP contribution in [0.25, 0.3) is 0 Å². The van der Waals surface area contributed by atoms with Gasteiger partial charge in [0.2, 0.25) is 15.9 Å². The average molecular weight is 404 g/mol. The Morgan fingerprint density at radius 2 is 1.57 bits per heavy atom. The van der Waals surface area contributed by atoms with E-state index in [1.807, 2.05) is 24.3 Å². The number of nitrogens with one attached hydrogen (secondary N) is 2. The molecule has 2 aromatic rings. The summed E-state index contributed by atoms with van der Waals surface area (Å²) in [5, 5.41) is 5.78. The van der Waals surface area contributed by atoms with Crippen LogP contribution >= 0.6 is 0 Å². The second-order valence-corrected chi connectivity index (χ2v) is 8.56. The summed E-state index contributed by atoms with van der Waals surface area (Å²) in [5.41, 5.74) is 1.36. The molecule has 0 aliphatic carbocycles. The minimum atomic E-state index is -3.46. The molecule has 2 aromatic carbocycles. The van der Waals surface area contributed by atoms with Crippen molar-refractivity contribution in [3.63, 3.8) is 0 Å². The van der Waals surface area contributed by atoms with Crippen molar-refractivity contribution in [2.24, 2.45) is 0 Å². The van der Waals surface area contributed by atoms with Crippen molar-refractivity contribution in [2.45, 2.75) is 24.2 Å². The highest BCUT2D eigenvalue weighted by atomic mass is 32.2. The van der Waals surface area contributed by atoms with E-state index < -0.39 is 10.0 Å². The zero-order valence-corrected chi connectivity index (χ0v) is 16.7. The summed E-state index contributed by atoms with van der Waals surface area (Å²) in [6.45, 7) is 1.23. The fraction of sp³-hybridized carbons (Fsp3) is 0.350. The maximum Gasteiger partial charge on any atom is 0.243 e. The standard InChI is InChI=1S/C20H25N3O4S/c1-27-18-9-5-16(6-10-18)21-15-20(24)22-17-7-11-19(12-8-17)28(25,26)23-13-3-2-4-14-23/h5-12,21H,2-4,13-15H2,1H3,(H,22,24). The zero-order chi connectivity index (χ0) is 20.0. The van der Waals surface area contributed by atoms with Gasteiger partial charge in [-0.15, -0.1) is 0 Å². The van der Waals surface area contributed by atoms with E-state index in [-0.39, 0.29) is 17.3 Å². The maximum absolute atomic E-state index is 12.6. The number of sulfonamides is 1. The molecule has 2 N–H and O–H groups in total. The number of benzene rings is 2. The number of hydrogen-bond acceptors (Lipinski definition) is 5. The molecule has 1 amide bonds. The van der Waals surface area contributed by atoms with Crippen molar-refractivity contribution in [1.29, 1.82) is 0 Å². The summed E-state index contributed by atoms with van der Waals surface area (Å²) in [4.78, 5) is 12.4. The predicted molar refractivity (Wildman–Crippen MR) is 109 cm³/mol. The fourth-order valence-corrected chi connectivity index (χ4v) is 4.58. The van der Waals surface area contributed by atoms with Crippen LogP contribution < -0.4 is 15.4 Å². The second kappa shape index (κ2) is 9.07. The summed E-state index contributed by atoms with van der Waals surface area (Å²) in [7, 11) is -1.87. The van der Waals surface area contributed by atoms with Crippen molar-refractivity contribution >= 4 is 27.3 Å². The fourth-order valence-electron chi connectivity index (χ4n) is 3.06. The average Bonchev–Trinajstić information content (AvgIpc) is 2.73. The number of ether oxygens (including phenoxy) is 1. The number of anilines is 2. The minimum Gasteiger partial charge on any atom is -0.497 e. The molecular formula is C20H25N3O4S. The van der Waals surface area contributed by atoms with Gasteiger partial charge in [-0.1, -0.05) is 6.42 Å². The van der Waals surface area contributed by atoms with Crippen LogP contribution in [0, 0.1) is 0 Å². The van der Waals surface area contributed by atoms with Gasteiger partial charge >= 0.3 is 0 Å². The van der Waals surface area contributed by atoms with E-state index in [0.29, 0.717) is 18.8 Å². The van der Waals surface area contributed by atoms with E-state index in [9.17, 15) is 13.2 Å². The van der Waals surface area contributed by atoms with Crippen molar-refractivity contribution in [3.05, 3.63) is 48.5 Å². The lowest BCUT2D eigenvalue weighted by Gasteiger charge is -2.25. The van der Waals surface area contributed by atoms with Crippen molar-refractivity contribution in [3.8, 4) is 5.75 Å². The third-order valence-corrected chi connectivity index (χ3v) is 6.55. The smallest absolute Gasteiger partial charge is 0.243 e. The van der Waals surface area contributed by atoms with Crippen LogP contribution in [0.15, 0.2) is 53.4 Å². The van der Waals surface area contributed by atoms with Crippen LogP contribution in [0.3, 0.4) is 0 Å². The van der Waals surface area contributed by atoms with Gasteiger partial charge < -0.3 is 15.4 Å². The molecule has 1 saturated heterocycles. The van der Waals surface area contributed by atoms with E-state index in [1.165, 1.54) is 16.4 Å². The number of amides is 1. The van der Waals surface area contributed by atoms with Crippen LogP contribution in [0.2, 0.25) is 0 Å². The van der Waals surface area contributed by atoms with Crippen LogP contribution in [-0.2, 0) is 14.8 Å². The highest BCUT2D eigenvalue weighted by Crippen LogP contribution is 2.22. The molecule has 0 radical (unpaired) electrons. The zero-order valence-electron chi connectivity index (χ0n) is 15.8. The molecule has 0 spiro atoms. The molecular weight excluding hydrogens is 378 g/mol. The molecule has 0 bridgehead atoms. The molecule has 1 fully saturated rings.